The van der Waals surface area contributed by atoms with Gasteiger partial charge in [-0.15, -0.1) is 0 Å². The van der Waals surface area contributed by atoms with Crippen molar-refractivity contribution in [2.45, 2.75) is 18.5 Å². The van der Waals surface area contributed by atoms with E-state index in [4.69, 9.17) is 34.8 Å². The lowest BCUT2D eigenvalue weighted by molar-refractivity contribution is 0.138. The highest BCUT2D eigenvalue weighted by Gasteiger charge is 2.40. The molecule has 7 nitrogen and oxygen atoms in total. The molecule has 2 heterocycles. The van der Waals surface area contributed by atoms with Gasteiger partial charge < -0.3 is 9.80 Å². The van der Waals surface area contributed by atoms with Gasteiger partial charge in [-0.2, -0.15) is 4.31 Å². The van der Waals surface area contributed by atoms with Crippen LogP contribution in [-0.2, 0) is 16.6 Å². The molecule has 0 aromatic heterocycles. The minimum Gasteiger partial charge on any atom is -0.322 e. The lowest BCUT2D eigenvalue weighted by atomic mass is 9.93. The fraction of sp³-hybridized carbons (Fsp3) is 0.458. The van der Waals surface area contributed by atoms with Crippen LogP contribution in [-0.4, -0.2) is 92.1 Å². The van der Waals surface area contributed by atoms with E-state index in [1.807, 2.05) is 41.3 Å². The van der Waals surface area contributed by atoms with Gasteiger partial charge in [0, 0.05) is 62.8 Å². The Balaban J connectivity index is 1.52. The molecule has 2 fully saturated rings. The van der Waals surface area contributed by atoms with Crippen LogP contribution in [0.1, 0.15) is 17.0 Å². The number of benzene rings is 2. The summed E-state index contributed by atoms with van der Waals surface area (Å²) in [5.74, 6) is 0.0447. The van der Waals surface area contributed by atoms with E-state index in [0.717, 1.165) is 11.1 Å². The number of sulfonamides is 1. The summed E-state index contributed by atoms with van der Waals surface area (Å²) in [5.41, 5.74) is 2.16. The first kappa shape index (κ1) is 26.5. The zero-order valence-electron chi connectivity index (χ0n) is 19.7. The zero-order chi connectivity index (χ0) is 25.3. The van der Waals surface area contributed by atoms with Crippen molar-refractivity contribution in [2.24, 2.45) is 0 Å². The van der Waals surface area contributed by atoms with Crippen molar-refractivity contribution in [3.8, 4) is 0 Å². The van der Waals surface area contributed by atoms with Gasteiger partial charge in [0.1, 0.15) is 0 Å². The number of piperazine rings is 1. The van der Waals surface area contributed by atoms with Gasteiger partial charge in [-0.25, -0.2) is 13.2 Å². The Morgan fingerprint density at radius 3 is 2.20 bits per heavy atom. The summed E-state index contributed by atoms with van der Waals surface area (Å²) in [6.45, 7) is 3.19. The summed E-state index contributed by atoms with van der Waals surface area (Å²) < 4.78 is 25.1. The molecule has 0 aliphatic carbocycles. The Labute approximate surface area is 222 Å². The number of nitrogens with zero attached hydrogens (tertiary/aromatic N) is 4. The van der Waals surface area contributed by atoms with E-state index in [9.17, 15) is 13.2 Å². The van der Waals surface area contributed by atoms with Crippen LogP contribution in [0.5, 0.6) is 0 Å². The Kier molecular flexibility index (Phi) is 8.20. The van der Waals surface area contributed by atoms with E-state index < -0.39 is 10.0 Å². The molecule has 0 saturated carbocycles. The Morgan fingerprint density at radius 1 is 0.943 bits per heavy atom. The number of carbonyl (C=O) groups is 1. The molecule has 11 heteroatoms. The van der Waals surface area contributed by atoms with Crippen molar-refractivity contribution in [1.29, 1.82) is 0 Å². The maximum absolute atomic E-state index is 13.4. The van der Waals surface area contributed by atoms with Gasteiger partial charge in [0.15, 0.2) is 0 Å². The van der Waals surface area contributed by atoms with Crippen LogP contribution in [0.2, 0.25) is 15.1 Å². The van der Waals surface area contributed by atoms with Crippen molar-refractivity contribution >= 4 is 50.9 Å². The first-order valence-corrected chi connectivity index (χ1v) is 14.4. The highest BCUT2D eigenvalue weighted by atomic mass is 35.5. The van der Waals surface area contributed by atoms with Crippen LogP contribution in [0.3, 0.4) is 0 Å². The third-order valence-electron chi connectivity index (χ3n) is 6.82. The van der Waals surface area contributed by atoms with Gasteiger partial charge in [-0.1, -0.05) is 53.0 Å². The van der Waals surface area contributed by atoms with Crippen LogP contribution < -0.4 is 0 Å². The number of rotatable bonds is 5. The molecule has 0 radical (unpaired) electrons. The molecular formula is C24H29Cl3N4O3S. The maximum Gasteiger partial charge on any atom is 0.320 e. The number of carbonyl (C=O) groups excluding carboxylic acids is 1. The minimum atomic E-state index is -3.26. The molecule has 2 aliphatic rings. The molecule has 2 atom stereocenters. The second kappa shape index (κ2) is 10.8. The molecule has 2 amide bonds. The smallest absolute Gasteiger partial charge is 0.320 e. The van der Waals surface area contributed by atoms with Crippen molar-refractivity contribution < 1.29 is 13.2 Å². The van der Waals surface area contributed by atoms with E-state index in [0.29, 0.717) is 60.9 Å². The normalized spacial score (nSPS) is 21.7. The van der Waals surface area contributed by atoms with Gasteiger partial charge >= 0.3 is 6.03 Å². The number of likely N-dealkylation sites (N-methyl/N-ethyl adjacent to an activating group) is 1. The maximum atomic E-state index is 13.4. The topological polar surface area (TPSA) is 64.2 Å². The van der Waals surface area contributed by atoms with Crippen molar-refractivity contribution in [1.82, 2.24) is 19.0 Å². The fourth-order valence-electron chi connectivity index (χ4n) is 4.87. The number of urea groups is 1. The van der Waals surface area contributed by atoms with E-state index in [1.165, 1.54) is 10.6 Å². The second-order valence-electron chi connectivity index (χ2n) is 9.23. The number of amides is 2. The molecule has 2 aromatic rings. The molecule has 2 saturated heterocycles. The molecule has 0 spiro atoms. The average molecular weight is 560 g/mol. The zero-order valence-corrected chi connectivity index (χ0v) is 22.8. The molecular weight excluding hydrogens is 531 g/mol. The summed E-state index contributed by atoms with van der Waals surface area (Å²) in [6, 6.07) is 13.4. The molecule has 2 unspecified atom stereocenters. The van der Waals surface area contributed by atoms with E-state index in [2.05, 4.69) is 11.9 Å². The van der Waals surface area contributed by atoms with Crippen molar-refractivity contribution in [3.05, 3.63) is 68.7 Å². The Bertz CT molecular complexity index is 1170. The van der Waals surface area contributed by atoms with Crippen LogP contribution in [0, 0.1) is 0 Å². The van der Waals surface area contributed by atoms with E-state index in [-0.39, 0.29) is 18.0 Å². The monoisotopic (exact) mass is 558 g/mol. The fourth-order valence-corrected chi connectivity index (χ4v) is 6.13. The molecule has 4 rings (SSSR count). The van der Waals surface area contributed by atoms with Crippen LogP contribution in [0.25, 0.3) is 0 Å². The van der Waals surface area contributed by atoms with E-state index in [1.54, 1.807) is 11.0 Å². The summed E-state index contributed by atoms with van der Waals surface area (Å²) in [6.07, 6.45) is 1.20. The molecule has 0 bridgehead atoms. The van der Waals surface area contributed by atoms with Gasteiger partial charge in [-0.05, 0) is 42.4 Å². The quantitative estimate of drug-likeness (QED) is 0.550. The average Bonchev–Trinajstić information content (AvgIpc) is 3.27. The number of likely N-dealkylation sites (tertiary alicyclic amines) is 1. The molecule has 190 valence electrons. The summed E-state index contributed by atoms with van der Waals surface area (Å²) in [5, 5.41) is 1.68. The summed E-state index contributed by atoms with van der Waals surface area (Å²) in [7, 11) is -1.20. The van der Waals surface area contributed by atoms with Gasteiger partial charge in [0.05, 0.1) is 16.3 Å². The Morgan fingerprint density at radius 2 is 1.60 bits per heavy atom. The van der Waals surface area contributed by atoms with Gasteiger partial charge in [-0.3, -0.25) is 4.90 Å². The lowest BCUT2D eigenvalue weighted by Gasteiger charge is -2.35. The van der Waals surface area contributed by atoms with Gasteiger partial charge in [0.2, 0.25) is 10.0 Å². The first-order valence-electron chi connectivity index (χ1n) is 11.4. The predicted octanol–water partition coefficient (Wildman–Crippen LogP) is 4.24. The predicted molar refractivity (Wildman–Crippen MR) is 141 cm³/mol. The van der Waals surface area contributed by atoms with Crippen molar-refractivity contribution in [3.63, 3.8) is 0 Å². The summed E-state index contributed by atoms with van der Waals surface area (Å²) >= 11 is 18.5. The van der Waals surface area contributed by atoms with Crippen molar-refractivity contribution in [2.75, 3.05) is 52.6 Å². The lowest BCUT2D eigenvalue weighted by Crippen LogP contribution is -2.53. The largest absolute Gasteiger partial charge is 0.322 e. The van der Waals surface area contributed by atoms with Crippen LogP contribution >= 0.6 is 34.8 Å². The molecule has 2 aromatic carbocycles. The highest BCUT2D eigenvalue weighted by Crippen LogP contribution is 2.35. The molecule has 2 aliphatic heterocycles. The first-order chi connectivity index (χ1) is 16.5. The van der Waals surface area contributed by atoms with Gasteiger partial charge in [0.25, 0.3) is 0 Å². The molecule has 35 heavy (non-hydrogen) atoms. The van der Waals surface area contributed by atoms with E-state index >= 15 is 0 Å². The number of hydrogen-bond acceptors (Lipinski definition) is 4. The number of hydrogen-bond donors (Lipinski definition) is 0. The molecule has 0 N–H and O–H groups in total. The van der Waals surface area contributed by atoms with Crippen LogP contribution in [0.4, 0.5) is 4.79 Å². The second-order valence-corrected chi connectivity index (χ2v) is 12.5. The summed E-state index contributed by atoms with van der Waals surface area (Å²) in [4.78, 5) is 19.3. The SMILES string of the molecule is CN(Cc1ccc(Cl)cc1)C1CN(C(=O)N2CCN(S(C)(=O)=O)CC2)CC1c1ccc(Cl)c(Cl)c1. The highest BCUT2D eigenvalue weighted by molar-refractivity contribution is 7.88. The third kappa shape index (κ3) is 6.24. The minimum absolute atomic E-state index is 0.0447. The van der Waals surface area contributed by atoms with Crippen LogP contribution in [0.15, 0.2) is 42.5 Å². The Hall–Kier alpha value is -1.55. The standard InChI is InChI=1S/C24H29Cl3N4O3S/c1-28(14-17-3-6-19(25)7-4-17)23-16-30(15-20(23)18-5-8-21(26)22(27)13-18)24(32)29-9-11-31(12-10-29)35(2,33)34/h3-8,13,20,23H,9-12,14-16H2,1-2H3. The number of halogens is 3. The third-order valence-corrected chi connectivity index (χ3v) is 9.12.